The van der Waals surface area contributed by atoms with Gasteiger partial charge >= 0.3 is 0 Å². The molecule has 2 rings (SSSR count). The van der Waals surface area contributed by atoms with Crippen molar-refractivity contribution in [1.29, 1.82) is 0 Å². The number of furan rings is 1. The average Bonchev–Trinajstić information content (AvgIpc) is 3.06. The molecule has 0 amide bonds. The zero-order valence-electron chi connectivity index (χ0n) is 15.6. The molecule has 0 radical (unpaired) electrons. The smallest absolute Gasteiger partial charge is 0.118 e. The van der Waals surface area contributed by atoms with Crippen LogP contribution in [0.25, 0.3) is 0 Å². The van der Waals surface area contributed by atoms with Gasteiger partial charge in [-0.2, -0.15) is 0 Å². The number of hydrogen-bond acceptors (Lipinski definition) is 5. The van der Waals surface area contributed by atoms with Crippen LogP contribution in [0.1, 0.15) is 32.1 Å². The van der Waals surface area contributed by atoms with Gasteiger partial charge in [-0.1, -0.05) is 12.1 Å². The molecule has 0 fully saturated rings. The molecule has 0 bridgehead atoms. The topological polar surface area (TPSA) is 55.1 Å². The minimum absolute atomic E-state index is 0.261. The molecule has 25 heavy (non-hydrogen) atoms. The Bertz CT molecular complexity index is 602. The van der Waals surface area contributed by atoms with Crippen LogP contribution < -0.4 is 4.74 Å². The van der Waals surface area contributed by atoms with Crippen molar-refractivity contribution in [1.82, 2.24) is 4.90 Å². The van der Waals surface area contributed by atoms with Crippen LogP contribution in [0.4, 0.5) is 0 Å². The monoisotopic (exact) mass is 347 g/mol. The second-order valence-electron chi connectivity index (χ2n) is 7.17. The van der Waals surface area contributed by atoms with E-state index in [1.54, 1.807) is 13.4 Å². The van der Waals surface area contributed by atoms with E-state index in [4.69, 9.17) is 13.9 Å². The molecule has 0 aliphatic carbocycles. The highest BCUT2D eigenvalue weighted by atomic mass is 16.5. The highest BCUT2D eigenvalue weighted by Crippen LogP contribution is 2.16. The predicted molar refractivity (Wildman–Crippen MR) is 97.5 cm³/mol. The Hall–Kier alpha value is -1.82. The van der Waals surface area contributed by atoms with Crippen LogP contribution in [0.5, 0.6) is 5.75 Å². The molecule has 0 unspecified atom stereocenters. The summed E-state index contributed by atoms with van der Waals surface area (Å²) < 4.78 is 16.4. The van der Waals surface area contributed by atoms with E-state index in [2.05, 4.69) is 4.90 Å². The summed E-state index contributed by atoms with van der Waals surface area (Å²) in [5.74, 6) is 1.71. The van der Waals surface area contributed by atoms with E-state index >= 15 is 0 Å². The van der Waals surface area contributed by atoms with Crippen molar-refractivity contribution < 1.29 is 19.0 Å². The van der Waals surface area contributed by atoms with Crippen molar-refractivity contribution in [3.8, 4) is 5.75 Å². The Labute approximate surface area is 150 Å². The van der Waals surface area contributed by atoms with Gasteiger partial charge in [0, 0.05) is 13.1 Å². The highest BCUT2D eigenvalue weighted by Gasteiger charge is 2.18. The van der Waals surface area contributed by atoms with Crippen LogP contribution in [-0.2, 0) is 17.8 Å². The van der Waals surface area contributed by atoms with E-state index in [9.17, 15) is 5.11 Å². The van der Waals surface area contributed by atoms with Gasteiger partial charge in [-0.15, -0.1) is 0 Å². The average molecular weight is 347 g/mol. The maximum absolute atomic E-state index is 10.4. The van der Waals surface area contributed by atoms with Crippen LogP contribution in [-0.4, -0.2) is 42.0 Å². The second kappa shape index (κ2) is 9.04. The zero-order chi connectivity index (χ0) is 18.3. The molecule has 138 valence electrons. The van der Waals surface area contributed by atoms with Crippen LogP contribution in [0, 0.1) is 0 Å². The third-order valence-corrected chi connectivity index (χ3v) is 3.70. The van der Waals surface area contributed by atoms with Gasteiger partial charge in [0.1, 0.15) is 11.5 Å². The third-order valence-electron chi connectivity index (χ3n) is 3.70. The standard InChI is InChI=1S/C20H29NO4/c1-20(2,3)25-15-17(22)13-21(14-19-6-5-11-24-19)12-16-7-9-18(23-4)10-8-16/h5-11,17,22H,12-15H2,1-4H3/t17-/m1/s1. The Balaban J connectivity index is 1.98. The van der Waals surface area contributed by atoms with Crippen molar-refractivity contribution in [2.24, 2.45) is 0 Å². The van der Waals surface area contributed by atoms with Gasteiger partial charge in [-0.05, 0) is 50.6 Å². The van der Waals surface area contributed by atoms with Crippen molar-refractivity contribution in [2.75, 3.05) is 20.3 Å². The lowest BCUT2D eigenvalue weighted by molar-refractivity contribution is -0.0576. The number of methoxy groups -OCH3 is 1. The van der Waals surface area contributed by atoms with Gasteiger partial charge < -0.3 is 19.0 Å². The molecular formula is C20H29NO4. The van der Waals surface area contributed by atoms with Gasteiger partial charge in [0.15, 0.2) is 0 Å². The van der Waals surface area contributed by atoms with E-state index < -0.39 is 6.10 Å². The van der Waals surface area contributed by atoms with Gasteiger partial charge in [0.25, 0.3) is 0 Å². The summed E-state index contributed by atoms with van der Waals surface area (Å²) in [7, 11) is 1.66. The van der Waals surface area contributed by atoms with E-state index in [0.717, 1.165) is 17.1 Å². The van der Waals surface area contributed by atoms with Crippen molar-refractivity contribution >= 4 is 0 Å². The summed E-state index contributed by atoms with van der Waals surface area (Å²) >= 11 is 0. The number of hydrogen-bond donors (Lipinski definition) is 1. The predicted octanol–water partition coefficient (Wildman–Crippen LogP) is 3.47. The Morgan fingerprint density at radius 2 is 1.84 bits per heavy atom. The molecular weight excluding hydrogens is 318 g/mol. The lowest BCUT2D eigenvalue weighted by atomic mass is 10.1. The van der Waals surface area contributed by atoms with Crippen LogP contribution in [0.15, 0.2) is 47.1 Å². The van der Waals surface area contributed by atoms with Gasteiger partial charge in [0.2, 0.25) is 0 Å². The van der Waals surface area contributed by atoms with E-state index in [1.165, 1.54) is 0 Å². The number of nitrogens with zero attached hydrogens (tertiary/aromatic N) is 1. The van der Waals surface area contributed by atoms with Crippen LogP contribution in [0.3, 0.4) is 0 Å². The molecule has 1 heterocycles. The normalized spacial score (nSPS) is 13.2. The van der Waals surface area contributed by atoms with Crippen LogP contribution in [0.2, 0.25) is 0 Å². The summed E-state index contributed by atoms with van der Waals surface area (Å²) in [4.78, 5) is 2.15. The fourth-order valence-corrected chi connectivity index (χ4v) is 2.49. The molecule has 0 spiro atoms. The zero-order valence-corrected chi connectivity index (χ0v) is 15.6. The first kappa shape index (κ1) is 19.5. The first-order chi connectivity index (χ1) is 11.9. The van der Waals surface area contributed by atoms with Crippen molar-refractivity contribution in [2.45, 2.75) is 45.6 Å². The Morgan fingerprint density at radius 1 is 1.12 bits per heavy atom. The van der Waals surface area contributed by atoms with Gasteiger partial charge in [0.05, 0.1) is 38.2 Å². The summed E-state index contributed by atoms with van der Waals surface area (Å²) in [5, 5.41) is 10.4. The molecule has 0 saturated heterocycles. The maximum Gasteiger partial charge on any atom is 0.118 e. The SMILES string of the molecule is COc1ccc(CN(Cc2ccco2)C[C@@H](O)COC(C)(C)C)cc1. The summed E-state index contributed by atoms with van der Waals surface area (Å²) in [6, 6.07) is 11.8. The first-order valence-electron chi connectivity index (χ1n) is 8.55. The van der Waals surface area contributed by atoms with E-state index in [0.29, 0.717) is 26.2 Å². The fourth-order valence-electron chi connectivity index (χ4n) is 2.49. The minimum atomic E-state index is -0.563. The largest absolute Gasteiger partial charge is 0.497 e. The van der Waals surface area contributed by atoms with Crippen molar-refractivity contribution in [3.63, 3.8) is 0 Å². The molecule has 5 nitrogen and oxygen atoms in total. The molecule has 0 aliphatic rings. The van der Waals surface area contributed by atoms with Crippen LogP contribution >= 0.6 is 0 Å². The molecule has 5 heteroatoms. The molecule has 1 atom stereocenters. The molecule has 0 aliphatic heterocycles. The molecule has 1 N–H and O–H groups in total. The Kier molecular flexibility index (Phi) is 7.05. The molecule has 1 aromatic heterocycles. The fraction of sp³-hybridized carbons (Fsp3) is 0.500. The third kappa shape index (κ3) is 7.30. The van der Waals surface area contributed by atoms with Gasteiger partial charge in [-0.3, -0.25) is 4.90 Å². The number of aliphatic hydroxyl groups is 1. The number of benzene rings is 1. The van der Waals surface area contributed by atoms with Gasteiger partial charge in [-0.25, -0.2) is 0 Å². The summed E-state index contributed by atoms with van der Waals surface area (Å²) in [6.45, 7) is 8.10. The lowest BCUT2D eigenvalue weighted by Crippen LogP contribution is -2.36. The number of rotatable bonds is 9. The Morgan fingerprint density at radius 3 is 2.40 bits per heavy atom. The maximum atomic E-state index is 10.4. The summed E-state index contributed by atoms with van der Waals surface area (Å²) in [6.07, 6.45) is 1.10. The molecule has 2 aromatic rings. The van der Waals surface area contributed by atoms with E-state index in [-0.39, 0.29) is 5.60 Å². The highest BCUT2D eigenvalue weighted by molar-refractivity contribution is 5.27. The number of ether oxygens (including phenoxy) is 2. The lowest BCUT2D eigenvalue weighted by Gasteiger charge is -2.27. The molecule has 1 aromatic carbocycles. The summed E-state index contributed by atoms with van der Waals surface area (Å²) in [5.41, 5.74) is 0.888. The van der Waals surface area contributed by atoms with E-state index in [1.807, 2.05) is 57.2 Å². The van der Waals surface area contributed by atoms with Crippen molar-refractivity contribution in [3.05, 3.63) is 54.0 Å². The second-order valence-corrected chi connectivity index (χ2v) is 7.17. The quantitative estimate of drug-likeness (QED) is 0.753. The first-order valence-corrected chi connectivity index (χ1v) is 8.55. The number of aliphatic hydroxyl groups excluding tert-OH is 1. The molecule has 0 saturated carbocycles. The minimum Gasteiger partial charge on any atom is -0.497 e.